The number of unbranched alkanes of at least 4 members (excludes halogenated alkanes) is 3. The number of carbonyl (C=O) groups is 2. The lowest BCUT2D eigenvalue weighted by Crippen LogP contribution is -2.53. The molecule has 0 spiro atoms. The predicted octanol–water partition coefficient (Wildman–Crippen LogP) is 4.43. The van der Waals surface area contributed by atoms with E-state index in [0.29, 0.717) is 13.0 Å². The van der Waals surface area contributed by atoms with Crippen molar-refractivity contribution in [2.75, 3.05) is 18.2 Å². The van der Waals surface area contributed by atoms with Crippen molar-refractivity contribution in [3.05, 3.63) is 65.7 Å². The normalized spacial score (nSPS) is 15.6. The molecule has 0 aliphatic carbocycles. The minimum absolute atomic E-state index is 0.161. The fraction of sp³-hybridized carbons (Fsp3) is 0.417. The first-order chi connectivity index (χ1) is 14.7. The van der Waals surface area contributed by atoms with Crippen LogP contribution in [0, 0.1) is 0 Å². The maximum atomic E-state index is 13.0. The minimum Gasteiger partial charge on any atom is -0.445 e. The van der Waals surface area contributed by atoms with Crippen LogP contribution in [0.15, 0.2) is 54.6 Å². The van der Waals surface area contributed by atoms with Crippen molar-refractivity contribution >= 4 is 17.7 Å². The summed E-state index contributed by atoms with van der Waals surface area (Å²) in [7, 11) is 0. The van der Waals surface area contributed by atoms with Crippen LogP contribution < -0.4 is 10.2 Å². The standard InChI is InChI=1S/C24H30N2O4/c1-2-3-4-10-15-29-18-26-22-14-9-8-13-20(22)16-21(23(26)27)25-24(28)30-17-19-11-6-5-7-12-19/h5-9,11-14,21H,2-4,10,15-18H2,1H3,(H,25,28)/t21-/m0/s1. The monoisotopic (exact) mass is 410 g/mol. The molecule has 1 N–H and O–H groups in total. The summed E-state index contributed by atoms with van der Waals surface area (Å²) in [5, 5.41) is 2.72. The lowest BCUT2D eigenvalue weighted by Gasteiger charge is -2.34. The van der Waals surface area contributed by atoms with Crippen LogP contribution in [0.1, 0.15) is 43.7 Å². The first-order valence-corrected chi connectivity index (χ1v) is 10.6. The molecule has 0 radical (unpaired) electrons. The van der Waals surface area contributed by atoms with Crippen molar-refractivity contribution in [1.82, 2.24) is 5.32 Å². The molecule has 0 aromatic heterocycles. The minimum atomic E-state index is -0.674. The molecular weight excluding hydrogens is 380 g/mol. The number of anilines is 1. The Morgan fingerprint density at radius 1 is 1.07 bits per heavy atom. The van der Waals surface area contributed by atoms with E-state index in [-0.39, 0.29) is 19.2 Å². The van der Waals surface area contributed by atoms with Gasteiger partial charge in [-0.3, -0.25) is 9.69 Å². The van der Waals surface area contributed by atoms with Gasteiger partial charge in [0.2, 0.25) is 0 Å². The number of alkyl carbamates (subject to hydrolysis) is 1. The van der Waals surface area contributed by atoms with Gasteiger partial charge in [0.25, 0.3) is 5.91 Å². The van der Waals surface area contributed by atoms with Crippen LogP contribution in [-0.4, -0.2) is 31.4 Å². The molecule has 0 unspecified atom stereocenters. The highest BCUT2D eigenvalue weighted by Crippen LogP contribution is 2.27. The van der Waals surface area contributed by atoms with E-state index in [1.54, 1.807) is 4.90 Å². The van der Waals surface area contributed by atoms with E-state index < -0.39 is 12.1 Å². The molecule has 6 heteroatoms. The molecule has 160 valence electrons. The van der Waals surface area contributed by atoms with E-state index in [1.807, 2.05) is 54.6 Å². The van der Waals surface area contributed by atoms with Gasteiger partial charge in [-0.2, -0.15) is 0 Å². The molecule has 0 fully saturated rings. The third-order valence-electron chi connectivity index (χ3n) is 5.14. The topological polar surface area (TPSA) is 67.9 Å². The Hall–Kier alpha value is -2.86. The summed E-state index contributed by atoms with van der Waals surface area (Å²) in [6.07, 6.45) is 4.29. The van der Waals surface area contributed by atoms with Crippen LogP contribution in [-0.2, 0) is 27.3 Å². The Kier molecular flexibility index (Phi) is 8.27. The maximum absolute atomic E-state index is 13.0. The Labute approximate surface area is 178 Å². The Morgan fingerprint density at radius 3 is 2.63 bits per heavy atom. The molecule has 0 saturated heterocycles. The molecule has 1 aliphatic heterocycles. The summed E-state index contributed by atoms with van der Waals surface area (Å²) in [4.78, 5) is 26.9. The quantitative estimate of drug-likeness (QED) is 0.589. The molecule has 2 aromatic carbocycles. The molecule has 6 nitrogen and oxygen atoms in total. The molecular formula is C24H30N2O4. The molecule has 1 heterocycles. The van der Waals surface area contributed by atoms with Gasteiger partial charge < -0.3 is 14.8 Å². The van der Waals surface area contributed by atoms with Crippen LogP contribution >= 0.6 is 0 Å². The molecule has 30 heavy (non-hydrogen) atoms. The second-order valence-electron chi connectivity index (χ2n) is 7.46. The average molecular weight is 411 g/mol. The molecule has 2 aromatic rings. The Bertz CT molecular complexity index is 825. The number of nitrogens with one attached hydrogen (secondary N) is 1. The zero-order valence-electron chi connectivity index (χ0n) is 17.5. The van der Waals surface area contributed by atoms with Gasteiger partial charge >= 0.3 is 6.09 Å². The van der Waals surface area contributed by atoms with Gasteiger partial charge in [0.05, 0.1) is 0 Å². The van der Waals surface area contributed by atoms with Gasteiger partial charge in [-0.15, -0.1) is 0 Å². The number of rotatable bonds is 10. The van der Waals surface area contributed by atoms with Gasteiger partial charge in [-0.05, 0) is 23.6 Å². The highest BCUT2D eigenvalue weighted by atomic mass is 16.5. The second kappa shape index (κ2) is 11.4. The lowest BCUT2D eigenvalue weighted by molar-refractivity contribution is -0.122. The number of nitrogens with zero attached hydrogens (tertiary/aromatic N) is 1. The summed E-state index contributed by atoms with van der Waals surface area (Å²) in [5.74, 6) is -0.182. The molecule has 0 saturated carbocycles. The van der Waals surface area contributed by atoms with Gasteiger partial charge in [0.1, 0.15) is 19.4 Å². The summed E-state index contributed by atoms with van der Waals surface area (Å²) < 4.78 is 11.1. The summed E-state index contributed by atoms with van der Waals surface area (Å²) in [6, 6.07) is 16.5. The summed E-state index contributed by atoms with van der Waals surface area (Å²) in [5.41, 5.74) is 2.73. The Balaban J connectivity index is 1.57. The number of ether oxygens (including phenoxy) is 2. The summed E-state index contributed by atoms with van der Waals surface area (Å²) >= 11 is 0. The number of amides is 2. The van der Waals surface area contributed by atoms with Crippen molar-refractivity contribution in [2.45, 2.75) is 51.7 Å². The fourth-order valence-corrected chi connectivity index (χ4v) is 3.50. The zero-order valence-corrected chi connectivity index (χ0v) is 17.5. The van der Waals surface area contributed by atoms with Gasteiger partial charge in [0, 0.05) is 18.7 Å². The lowest BCUT2D eigenvalue weighted by atomic mass is 9.97. The molecule has 1 aliphatic rings. The largest absolute Gasteiger partial charge is 0.445 e. The highest BCUT2D eigenvalue weighted by Gasteiger charge is 2.34. The molecule has 0 bridgehead atoms. The molecule has 3 rings (SSSR count). The smallest absolute Gasteiger partial charge is 0.408 e. The van der Waals surface area contributed by atoms with Crippen LogP contribution in [0.3, 0.4) is 0 Å². The Morgan fingerprint density at radius 2 is 1.83 bits per heavy atom. The van der Waals surface area contributed by atoms with Gasteiger partial charge in [-0.25, -0.2) is 4.79 Å². The van der Waals surface area contributed by atoms with E-state index in [1.165, 1.54) is 12.8 Å². The highest BCUT2D eigenvalue weighted by molar-refractivity contribution is 6.01. The van der Waals surface area contributed by atoms with Crippen LogP contribution in [0.2, 0.25) is 0 Å². The van der Waals surface area contributed by atoms with Crippen LogP contribution in [0.5, 0.6) is 0 Å². The number of fused-ring (bicyclic) bond motifs is 1. The number of hydrogen-bond donors (Lipinski definition) is 1. The van der Waals surface area contributed by atoms with Crippen molar-refractivity contribution < 1.29 is 19.1 Å². The van der Waals surface area contributed by atoms with E-state index in [9.17, 15) is 9.59 Å². The fourth-order valence-electron chi connectivity index (χ4n) is 3.50. The molecule has 1 atom stereocenters. The number of benzene rings is 2. The van der Waals surface area contributed by atoms with Crippen LogP contribution in [0.4, 0.5) is 10.5 Å². The van der Waals surface area contributed by atoms with E-state index in [4.69, 9.17) is 9.47 Å². The van der Waals surface area contributed by atoms with Gasteiger partial charge in [-0.1, -0.05) is 74.7 Å². The van der Waals surface area contributed by atoms with Crippen molar-refractivity contribution in [2.24, 2.45) is 0 Å². The third-order valence-corrected chi connectivity index (χ3v) is 5.14. The van der Waals surface area contributed by atoms with E-state index >= 15 is 0 Å². The first kappa shape index (κ1) is 21.8. The van der Waals surface area contributed by atoms with Crippen molar-refractivity contribution in [3.8, 4) is 0 Å². The van der Waals surface area contributed by atoms with Crippen molar-refractivity contribution in [1.29, 1.82) is 0 Å². The number of hydrogen-bond acceptors (Lipinski definition) is 4. The van der Waals surface area contributed by atoms with Gasteiger partial charge in [0.15, 0.2) is 0 Å². The first-order valence-electron chi connectivity index (χ1n) is 10.6. The second-order valence-corrected chi connectivity index (χ2v) is 7.46. The van der Waals surface area contributed by atoms with Crippen molar-refractivity contribution in [3.63, 3.8) is 0 Å². The predicted molar refractivity (Wildman–Crippen MR) is 116 cm³/mol. The van der Waals surface area contributed by atoms with E-state index in [2.05, 4.69) is 12.2 Å². The van der Waals surface area contributed by atoms with E-state index in [0.717, 1.165) is 29.7 Å². The molecule has 2 amide bonds. The maximum Gasteiger partial charge on any atom is 0.408 e. The average Bonchev–Trinajstić information content (AvgIpc) is 2.77. The number of carbonyl (C=O) groups excluding carboxylic acids is 2. The third kappa shape index (κ3) is 6.07. The summed E-state index contributed by atoms with van der Waals surface area (Å²) in [6.45, 7) is 3.12. The van der Waals surface area contributed by atoms with Crippen LogP contribution in [0.25, 0.3) is 0 Å². The number of para-hydroxylation sites is 1. The SMILES string of the molecule is CCCCCCOCN1C(=O)[C@@H](NC(=O)OCc2ccccc2)Cc2ccccc21. The zero-order chi connectivity index (χ0) is 21.2.